The number of aromatic carboxylic acids is 1. The first-order chi connectivity index (χ1) is 21.2. The maximum atomic E-state index is 13.3. The fourth-order valence-corrected chi connectivity index (χ4v) is 5.00. The van der Waals surface area contributed by atoms with E-state index in [1.165, 1.54) is 42.5 Å². The maximum absolute atomic E-state index is 13.3. The number of ether oxygens (including phenoxy) is 2. The van der Waals surface area contributed by atoms with E-state index < -0.39 is 17.4 Å². The van der Waals surface area contributed by atoms with Crippen LogP contribution in [0, 0.1) is 5.82 Å². The second-order valence-corrected chi connectivity index (χ2v) is 10.1. The fourth-order valence-electron chi connectivity index (χ4n) is 5.00. The number of aliphatic carboxylic acids is 1. The van der Waals surface area contributed by atoms with Gasteiger partial charge in [-0.05, 0) is 72.5 Å². The van der Waals surface area contributed by atoms with Crippen molar-refractivity contribution < 1.29 is 43.2 Å². The molecule has 0 aliphatic rings. The van der Waals surface area contributed by atoms with Gasteiger partial charge in [-0.3, -0.25) is 9.59 Å². The summed E-state index contributed by atoms with van der Waals surface area (Å²) < 4.78 is 31.3. The van der Waals surface area contributed by atoms with Gasteiger partial charge in [0.05, 0.1) is 29.5 Å². The van der Waals surface area contributed by atoms with E-state index in [9.17, 15) is 34.1 Å². The van der Waals surface area contributed by atoms with Gasteiger partial charge in [0, 0.05) is 30.0 Å². The van der Waals surface area contributed by atoms with E-state index >= 15 is 0 Å². The summed E-state index contributed by atoms with van der Waals surface area (Å²) >= 11 is 0. The number of aryl methyl sites for hydroxylation is 2. The lowest BCUT2D eigenvalue weighted by molar-refractivity contribution is -0.136. The second kappa shape index (κ2) is 12.9. The molecule has 0 spiro atoms. The standard InChI is InChI=1S/C34H29FO9/c1-2-19-16-25(20-4-7-22(35)8-5-20)27(36)18-30(19)43-15-3-14-42-28-12-9-24-32(39)26-17-21(34(40)41)6-11-29(26)44-33(24)23(28)10-13-31(37)38/h4-9,11-12,16-18,36H,2-3,10,13-15H2,1H3,(H,37,38)(H,40,41). The lowest BCUT2D eigenvalue weighted by atomic mass is 10.00. The van der Waals surface area contributed by atoms with Crippen molar-refractivity contribution in [1.82, 2.24) is 0 Å². The minimum absolute atomic E-state index is 0.00694. The molecule has 226 valence electrons. The number of hydrogen-bond acceptors (Lipinski definition) is 7. The van der Waals surface area contributed by atoms with Crippen molar-refractivity contribution in [3.8, 4) is 28.4 Å². The zero-order valence-corrected chi connectivity index (χ0v) is 23.8. The summed E-state index contributed by atoms with van der Waals surface area (Å²) in [7, 11) is 0. The molecule has 0 bridgehead atoms. The van der Waals surface area contributed by atoms with E-state index in [1.807, 2.05) is 13.0 Å². The van der Waals surface area contributed by atoms with Gasteiger partial charge in [-0.25, -0.2) is 9.18 Å². The van der Waals surface area contributed by atoms with Crippen LogP contribution < -0.4 is 14.9 Å². The van der Waals surface area contributed by atoms with Crippen LogP contribution in [0.5, 0.6) is 17.2 Å². The Morgan fingerprint density at radius 1 is 0.886 bits per heavy atom. The quantitative estimate of drug-likeness (QED) is 0.107. The summed E-state index contributed by atoms with van der Waals surface area (Å²) in [4.78, 5) is 36.0. The Bertz CT molecular complexity index is 1930. The van der Waals surface area contributed by atoms with E-state index in [0.29, 0.717) is 41.0 Å². The number of carboxylic acid groups (broad SMARTS) is 2. The highest BCUT2D eigenvalue weighted by molar-refractivity contribution is 5.97. The number of phenolic OH excluding ortho intramolecular Hbond substituents is 1. The smallest absolute Gasteiger partial charge is 0.335 e. The Hall–Kier alpha value is -5.38. The van der Waals surface area contributed by atoms with Crippen LogP contribution in [0.3, 0.4) is 0 Å². The predicted molar refractivity (Wildman–Crippen MR) is 161 cm³/mol. The number of fused-ring (bicyclic) bond motifs is 2. The van der Waals surface area contributed by atoms with Crippen LogP contribution in [0.15, 0.2) is 75.9 Å². The van der Waals surface area contributed by atoms with Crippen LogP contribution in [0.2, 0.25) is 0 Å². The van der Waals surface area contributed by atoms with Crippen LogP contribution >= 0.6 is 0 Å². The van der Waals surface area contributed by atoms with Crippen molar-refractivity contribution in [2.45, 2.75) is 32.6 Å². The lowest BCUT2D eigenvalue weighted by Crippen LogP contribution is -2.10. The van der Waals surface area contributed by atoms with Crippen LogP contribution in [0.25, 0.3) is 33.1 Å². The molecular weight excluding hydrogens is 571 g/mol. The number of carboxylic acids is 2. The highest BCUT2D eigenvalue weighted by Crippen LogP contribution is 2.36. The molecular formula is C34H29FO9. The summed E-state index contributed by atoms with van der Waals surface area (Å²) in [6.07, 6.45) is 0.900. The van der Waals surface area contributed by atoms with Crippen molar-refractivity contribution >= 4 is 33.9 Å². The average Bonchev–Trinajstić information content (AvgIpc) is 3.00. The molecule has 5 rings (SSSR count). The van der Waals surface area contributed by atoms with Crippen LogP contribution in [-0.4, -0.2) is 40.5 Å². The molecule has 0 fully saturated rings. The number of benzene rings is 4. The van der Waals surface area contributed by atoms with Crippen molar-refractivity contribution in [3.63, 3.8) is 0 Å². The number of carbonyl (C=O) groups is 2. The van der Waals surface area contributed by atoms with Crippen LogP contribution in [-0.2, 0) is 17.6 Å². The van der Waals surface area contributed by atoms with Gasteiger partial charge >= 0.3 is 11.9 Å². The Labute approximate surface area is 250 Å². The van der Waals surface area contributed by atoms with E-state index in [0.717, 1.165) is 5.56 Å². The third kappa shape index (κ3) is 6.34. The fraction of sp³-hybridized carbons (Fsp3) is 0.206. The van der Waals surface area contributed by atoms with Crippen molar-refractivity contribution in [2.24, 2.45) is 0 Å². The number of rotatable bonds is 12. The topological polar surface area (TPSA) is 144 Å². The SMILES string of the molecule is CCc1cc(-c2ccc(F)cc2)c(O)cc1OCCCOc1ccc2c(=O)c3cc(C(=O)O)ccc3oc2c1CCC(=O)O. The number of phenols is 1. The molecule has 1 heterocycles. The van der Waals surface area contributed by atoms with Gasteiger partial charge in [-0.15, -0.1) is 0 Å². The molecule has 0 radical (unpaired) electrons. The molecule has 5 aromatic rings. The zero-order valence-electron chi connectivity index (χ0n) is 23.8. The molecule has 0 aliphatic heterocycles. The van der Waals surface area contributed by atoms with Gasteiger partial charge in [0.1, 0.15) is 34.2 Å². The molecule has 10 heteroatoms. The Morgan fingerprint density at radius 2 is 1.61 bits per heavy atom. The van der Waals surface area contributed by atoms with Crippen molar-refractivity contribution in [2.75, 3.05) is 13.2 Å². The lowest BCUT2D eigenvalue weighted by Gasteiger charge is -2.16. The van der Waals surface area contributed by atoms with Gasteiger partial charge in [0.25, 0.3) is 0 Å². The van der Waals surface area contributed by atoms with E-state index in [2.05, 4.69) is 0 Å². The first-order valence-corrected chi connectivity index (χ1v) is 14.0. The van der Waals surface area contributed by atoms with Gasteiger partial charge in [0.2, 0.25) is 5.43 Å². The van der Waals surface area contributed by atoms with Crippen molar-refractivity contribution in [1.29, 1.82) is 0 Å². The van der Waals surface area contributed by atoms with Crippen LogP contribution in [0.4, 0.5) is 4.39 Å². The molecule has 0 aliphatic carbocycles. The molecule has 9 nitrogen and oxygen atoms in total. The summed E-state index contributed by atoms with van der Waals surface area (Å²) in [5.41, 5.74) is 2.42. The molecule has 44 heavy (non-hydrogen) atoms. The molecule has 3 N–H and O–H groups in total. The minimum Gasteiger partial charge on any atom is -0.507 e. The molecule has 0 atom stereocenters. The van der Waals surface area contributed by atoms with E-state index in [-0.39, 0.29) is 65.1 Å². The average molecular weight is 601 g/mol. The number of hydrogen-bond donors (Lipinski definition) is 3. The molecule has 0 unspecified atom stereocenters. The third-order valence-electron chi connectivity index (χ3n) is 7.25. The first-order valence-electron chi connectivity index (χ1n) is 14.0. The largest absolute Gasteiger partial charge is 0.507 e. The molecule has 0 saturated carbocycles. The molecule has 0 saturated heterocycles. The van der Waals surface area contributed by atoms with Gasteiger partial charge < -0.3 is 29.2 Å². The molecule has 0 amide bonds. The normalized spacial score (nSPS) is 11.1. The highest BCUT2D eigenvalue weighted by Gasteiger charge is 2.18. The predicted octanol–water partition coefficient (Wildman–Crippen LogP) is 6.58. The van der Waals surface area contributed by atoms with Gasteiger partial charge in [-0.2, -0.15) is 0 Å². The van der Waals surface area contributed by atoms with Gasteiger partial charge in [-0.1, -0.05) is 19.1 Å². The van der Waals surface area contributed by atoms with Gasteiger partial charge in [0.15, 0.2) is 0 Å². The minimum atomic E-state index is -1.17. The van der Waals surface area contributed by atoms with E-state index in [4.69, 9.17) is 13.9 Å². The monoisotopic (exact) mass is 600 g/mol. The second-order valence-electron chi connectivity index (χ2n) is 10.1. The Kier molecular flexibility index (Phi) is 8.80. The first kappa shape index (κ1) is 30.1. The highest BCUT2D eigenvalue weighted by atomic mass is 19.1. The summed E-state index contributed by atoms with van der Waals surface area (Å²) in [5.74, 6) is -1.69. The third-order valence-corrected chi connectivity index (χ3v) is 7.25. The van der Waals surface area contributed by atoms with Crippen LogP contribution in [0.1, 0.15) is 41.3 Å². The molecule has 1 aromatic heterocycles. The summed E-state index contributed by atoms with van der Waals surface area (Å²) in [6.45, 7) is 2.42. The maximum Gasteiger partial charge on any atom is 0.335 e. The number of halogens is 1. The zero-order chi connectivity index (χ0) is 31.4. The molecule has 4 aromatic carbocycles. The Balaban J connectivity index is 1.33. The Morgan fingerprint density at radius 3 is 2.30 bits per heavy atom. The van der Waals surface area contributed by atoms with Crippen molar-refractivity contribution in [3.05, 3.63) is 99.5 Å². The number of aromatic hydroxyl groups is 1. The van der Waals surface area contributed by atoms with E-state index in [1.54, 1.807) is 18.2 Å². The summed E-state index contributed by atoms with van der Waals surface area (Å²) in [6, 6.07) is 16.3. The summed E-state index contributed by atoms with van der Waals surface area (Å²) in [5, 5.41) is 29.5.